The normalized spacial score (nSPS) is 10.9. The summed E-state index contributed by atoms with van der Waals surface area (Å²) in [7, 11) is 0. The van der Waals surface area contributed by atoms with Crippen LogP contribution >= 0.6 is 12.6 Å². The Kier molecular flexibility index (Phi) is 6.91. The molecule has 118 valence electrons. The lowest BCUT2D eigenvalue weighted by Gasteiger charge is -2.08. The van der Waals surface area contributed by atoms with Gasteiger partial charge in [0, 0.05) is 22.9 Å². The van der Waals surface area contributed by atoms with Crippen LogP contribution in [0, 0.1) is 0 Å². The van der Waals surface area contributed by atoms with Crippen LogP contribution < -0.4 is 0 Å². The largest absolute Gasteiger partial charge is 0.236 e. The monoisotopic (exact) mass is 314 g/mol. The number of rotatable bonds is 8. The van der Waals surface area contributed by atoms with Crippen LogP contribution in [0.15, 0.2) is 35.5 Å². The summed E-state index contributed by atoms with van der Waals surface area (Å²) in [4.78, 5) is 9.94. The van der Waals surface area contributed by atoms with Crippen molar-refractivity contribution in [2.75, 3.05) is 0 Å². The van der Waals surface area contributed by atoms with Crippen LogP contribution in [-0.2, 0) is 12.8 Å². The zero-order valence-corrected chi connectivity index (χ0v) is 14.6. The van der Waals surface area contributed by atoms with Crippen molar-refractivity contribution in [3.05, 3.63) is 41.7 Å². The highest BCUT2D eigenvalue weighted by Gasteiger charge is 2.07. The van der Waals surface area contributed by atoms with E-state index in [-0.39, 0.29) is 0 Å². The van der Waals surface area contributed by atoms with Crippen LogP contribution in [-0.4, -0.2) is 9.97 Å². The van der Waals surface area contributed by atoms with E-state index < -0.39 is 0 Å². The Hall–Kier alpha value is -1.35. The van der Waals surface area contributed by atoms with Gasteiger partial charge in [-0.1, -0.05) is 45.6 Å². The number of hydrogen-bond acceptors (Lipinski definition) is 3. The number of thiol groups is 1. The molecule has 0 N–H and O–H groups in total. The molecule has 0 saturated heterocycles. The van der Waals surface area contributed by atoms with E-state index in [4.69, 9.17) is 0 Å². The maximum absolute atomic E-state index is 4.63. The molecule has 0 spiro atoms. The molecule has 0 aliphatic carbocycles. The van der Waals surface area contributed by atoms with Crippen molar-refractivity contribution in [3.8, 4) is 11.4 Å². The predicted molar refractivity (Wildman–Crippen MR) is 96.6 cm³/mol. The smallest absolute Gasteiger partial charge is 0.160 e. The number of benzene rings is 1. The standard InChI is InChI=1S/C19H26N2S/c1-3-5-6-7-9-15-10-11-17(18(22)12-15)19-20-13-16(8-4-2)14-21-19/h10-14,22H,3-9H2,1-2H3. The van der Waals surface area contributed by atoms with Crippen LogP contribution in [0.4, 0.5) is 0 Å². The molecule has 22 heavy (non-hydrogen) atoms. The van der Waals surface area contributed by atoms with Gasteiger partial charge >= 0.3 is 0 Å². The zero-order valence-electron chi connectivity index (χ0n) is 13.7. The molecule has 0 aliphatic rings. The van der Waals surface area contributed by atoms with E-state index in [9.17, 15) is 0 Å². The molecule has 2 rings (SSSR count). The number of aromatic nitrogens is 2. The molecule has 0 unspecified atom stereocenters. The number of aryl methyl sites for hydroxylation is 2. The van der Waals surface area contributed by atoms with E-state index in [1.54, 1.807) is 0 Å². The summed E-state index contributed by atoms with van der Waals surface area (Å²) < 4.78 is 0. The van der Waals surface area contributed by atoms with Crippen molar-refractivity contribution in [2.24, 2.45) is 0 Å². The first kappa shape index (κ1) is 17.0. The molecule has 0 aliphatic heterocycles. The average molecular weight is 314 g/mol. The SMILES string of the molecule is CCCCCCc1ccc(-c2ncc(CCC)cn2)c(S)c1. The van der Waals surface area contributed by atoms with Crippen LogP contribution in [0.1, 0.15) is 57.1 Å². The average Bonchev–Trinajstić information content (AvgIpc) is 2.53. The molecule has 0 bridgehead atoms. The van der Waals surface area contributed by atoms with Gasteiger partial charge < -0.3 is 0 Å². The maximum atomic E-state index is 4.63. The van der Waals surface area contributed by atoms with Gasteiger partial charge in [-0.3, -0.25) is 0 Å². The van der Waals surface area contributed by atoms with Crippen LogP contribution in [0.3, 0.4) is 0 Å². The molecule has 1 aromatic heterocycles. The van der Waals surface area contributed by atoms with Gasteiger partial charge in [0.15, 0.2) is 5.82 Å². The van der Waals surface area contributed by atoms with Gasteiger partial charge in [0.1, 0.15) is 0 Å². The highest BCUT2D eigenvalue weighted by atomic mass is 32.1. The summed E-state index contributed by atoms with van der Waals surface area (Å²) in [5, 5.41) is 0. The summed E-state index contributed by atoms with van der Waals surface area (Å²) in [6, 6.07) is 6.45. The quantitative estimate of drug-likeness (QED) is 0.513. The van der Waals surface area contributed by atoms with E-state index in [0.29, 0.717) is 0 Å². The summed E-state index contributed by atoms with van der Waals surface area (Å²) in [6.07, 6.45) is 12.3. The van der Waals surface area contributed by atoms with Crippen LogP contribution in [0.25, 0.3) is 11.4 Å². The number of hydrogen-bond donors (Lipinski definition) is 1. The Bertz CT molecular complexity index is 578. The molecular weight excluding hydrogens is 288 g/mol. The Balaban J connectivity index is 2.05. The fourth-order valence-electron chi connectivity index (χ4n) is 2.59. The van der Waals surface area contributed by atoms with E-state index >= 15 is 0 Å². The minimum absolute atomic E-state index is 0.766. The highest BCUT2D eigenvalue weighted by Crippen LogP contribution is 2.25. The lowest BCUT2D eigenvalue weighted by Crippen LogP contribution is -1.94. The molecule has 2 aromatic rings. The van der Waals surface area contributed by atoms with Crippen molar-refractivity contribution in [1.29, 1.82) is 0 Å². The third-order valence-corrected chi connectivity index (χ3v) is 4.24. The molecule has 0 radical (unpaired) electrons. The molecule has 0 fully saturated rings. The first-order chi connectivity index (χ1) is 10.7. The van der Waals surface area contributed by atoms with Gasteiger partial charge in [0.2, 0.25) is 0 Å². The molecule has 1 heterocycles. The number of unbranched alkanes of at least 4 members (excludes halogenated alkanes) is 3. The lowest BCUT2D eigenvalue weighted by molar-refractivity contribution is 0.666. The van der Waals surface area contributed by atoms with Gasteiger partial charge in [-0.2, -0.15) is 0 Å². The van der Waals surface area contributed by atoms with Gasteiger partial charge in [-0.15, -0.1) is 12.6 Å². The summed E-state index contributed by atoms with van der Waals surface area (Å²) in [6.45, 7) is 4.41. The second-order valence-corrected chi connectivity index (χ2v) is 6.31. The summed E-state index contributed by atoms with van der Waals surface area (Å²) in [5.74, 6) is 0.766. The molecule has 0 saturated carbocycles. The van der Waals surface area contributed by atoms with E-state index in [0.717, 1.165) is 35.5 Å². The lowest BCUT2D eigenvalue weighted by atomic mass is 10.0. The Labute approximate surface area is 139 Å². The van der Waals surface area contributed by atoms with Crippen molar-refractivity contribution in [3.63, 3.8) is 0 Å². The van der Waals surface area contributed by atoms with Crippen LogP contribution in [0.2, 0.25) is 0 Å². The fraction of sp³-hybridized carbons (Fsp3) is 0.474. The molecule has 0 atom stereocenters. The Morgan fingerprint density at radius 2 is 1.64 bits per heavy atom. The minimum atomic E-state index is 0.766. The van der Waals surface area contributed by atoms with Crippen molar-refractivity contribution in [2.45, 2.75) is 63.7 Å². The summed E-state index contributed by atoms with van der Waals surface area (Å²) >= 11 is 4.63. The first-order valence-corrected chi connectivity index (χ1v) is 8.82. The van der Waals surface area contributed by atoms with Crippen molar-refractivity contribution < 1.29 is 0 Å². The van der Waals surface area contributed by atoms with Gasteiger partial charge in [-0.05, 0) is 42.5 Å². The minimum Gasteiger partial charge on any atom is -0.236 e. The maximum Gasteiger partial charge on any atom is 0.160 e. The molecule has 2 nitrogen and oxygen atoms in total. The van der Waals surface area contributed by atoms with Gasteiger partial charge in [0.25, 0.3) is 0 Å². The first-order valence-electron chi connectivity index (χ1n) is 8.37. The van der Waals surface area contributed by atoms with Crippen molar-refractivity contribution >= 4 is 12.6 Å². The fourth-order valence-corrected chi connectivity index (χ4v) is 2.93. The molecule has 3 heteroatoms. The third-order valence-electron chi connectivity index (χ3n) is 3.87. The van der Waals surface area contributed by atoms with Gasteiger partial charge in [-0.25, -0.2) is 9.97 Å². The van der Waals surface area contributed by atoms with Crippen LogP contribution in [0.5, 0.6) is 0 Å². The second-order valence-electron chi connectivity index (χ2n) is 5.83. The zero-order chi connectivity index (χ0) is 15.8. The molecular formula is C19H26N2S. The van der Waals surface area contributed by atoms with E-state index in [1.807, 2.05) is 12.4 Å². The number of nitrogens with zero attached hydrogens (tertiary/aromatic N) is 2. The van der Waals surface area contributed by atoms with Crippen molar-refractivity contribution in [1.82, 2.24) is 9.97 Å². The topological polar surface area (TPSA) is 25.8 Å². The van der Waals surface area contributed by atoms with E-state index in [2.05, 4.69) is 54.6 Å². The van der Waals surface area contributed by atoms with Gasteiger partial charge in [0.05, 0.1) is 0 Å². The Morgan fingerprint density at radius 1 is 0.864 bits per heavy atom. The molecule has 1 aromatic carbocycles. The Morgan fingerprint density at radius 3 is 2.27 bits per heavy atom. The highest BCUT2D eigenvalue weighted by molar-refractivity contribution is 7.80. The summed E-state index contributed by atoms with van der Waals surface area (Å²) in [5.41, 5.74) is 3.57. The predicted octanol–water partition coefficient (Wildman–Crippen LogP) is 5.51. The second kappa shape index (κ2) is 8.94. The van der Waals surface area contributed by atoms with E-state index in [1.165, 1.54) is 36.8 Å². The third kappa shape index (κ3) is 4.84. The molecule has 0 amide bonds.